The summed E-state index contributed by atoms with van der Waals surface area (Å²) in [4.78, 5) is 18.7. The quantitative estimate of drug-likeness (QED) is 0.792. The summed E-state index contributed by atoms with van der Waals surface area (Å²) >= 11 is 1.89. The standard InChI is InChI=1S/C13H16N4OS/c1-9-7-12-14-11(8-10(2)17(12)15-9)13(18)16-3-5-19-6-4-16/h7-8H,3-6H2,1-2H3. The number of aromatic nitrogens is 3. The van der Waals surface area contributed by atoms with Gasteiger partial charge < -0.3 is 4.90 Å². The first kappa shape index (κ1) is 12.5. The molecule has 3 rings (SSSR count). The minimum atomic E-state index is 0.0322. The van der Waals surface area contributed by atoms with E-state index in [-0.39, 0.29) is 5.91 Å². The molecule has 0 aliphatic carbocycles. The van der Waals surface area contributed by atoms with E-state index >= 15 is 0 Å². The maximum Gasteiger partial charge on any atom is 0.272 e. The number of aryl methyl sites for hydroxylation is 2. The van der Waals surface area contributed by atoms with Crippen LogP contribution in [0.25, 0.3) is 5.65 Å². The van der Waals surface area contributed by atoms with Crippen molar-refractivity contribution in [1.29, 1.82) is 0 Å². The number of hydrogen-bond acceptors (Lipinski definition) is 4. The van der Waals surface area contributed by atoms with Gasteiger partial charge in [0.2, 0.25) is 0 Å². The van der Waals surface area contributed by atoms with Crippen molar-refractivity contribution in [2.45, 2.75) is 13.8 Å². The Bertz CT molecular complexity index is 631. The summed E-state index contributed by atoms with van der Waals surface area (Å²) in [7, 11) is 0. The van der Waals surface area contributed by atoms with Crippen molar-refractivity contribution < 1.29 is 4.79 Å². The van der Waals surface area contributed by atoms with E-state index < -0.39 is 0 Å². The molecular weight excluding hydrogens is 260 g/mol. The monoisotopic (exact) mass is 276 g/mol. The summed E-state index contributed by atoms with van der Waals surface area (Å²) in [5.41, 5.74) is 3.12. The van der Waals surface area contributed by atoms with Crippen LogP contribution in [0.15, 0.2) is 12.1 Å². The van der Waals surface area contributed by atoms with Gasteiger partial charge >= 0.3 is 0 Å². The Morgan fingerprint density at radius 2 is 2.00 bits per heavy atom. The van der Waals surface area contributed by atoms with Crippen LogP contribution in [-0.2, 0) is 0 Å². The smallest absolute Gasteiger partial charge is 0.272 e. The van der Waals surface area contributed by atoms with Crippen LogP contribution in [0, 0.1) is 13.8 Å². The molecule has 1 saturated heterocycles. The number of rotatable bonds is 1. The fraction of sp³-hybridized carbons (Fsp3) is 0.462. The molecule has 0 saturated carbocycles. The number of nitrogens with zero attached hydrogens (tertiary/aromatic N) is 4. The molecular formula is C13H16N4OS. The van der Waals surface area contributed by atoms with Gasteiger partial charge in [-0.1, -0.05) is 0 Å². The summed E-state index contributed by atoms with van der Waals surface area (Å²) in [6.45, 7) is 5.50. The first-order valence-corrected chi connectivity index (χ1v) is 7.51. The molecule has 0 N–H and O–H groups in total. The van der Waals surface area contributed by atoms with Crippen molar-refractivity contribution >= 4 is 23.3 Å². The van der Waals surface area contributed by atoms with Crippen LogP contribution in [0.4, 0.5) is 0 Å². The Morgan fingerprint density at radius 1 is 1.26 bits per heavy atom. The van der Waals surface area contributed by atoms with Gasteiger partial charge in [-0.25, -0.2) is 9.50 Å². The van der Waals surface area contributed by atoms with Gasteiger partial charge in [0.05, 0.1) is 5.69 Å². The van der Waals surface area contributed by atoms with E-state index in [1.54, 1.807) is 4.52 Å². The van der Waals surface area contributed by atoms with Gasteiger partial charge in [0.25, 0.3) is 5.91 Å². The molecule has 1 aliphatic heterocycles. The van der Waals surface area contributed by atoms with Gasteiger partial charge in [-0.15, -0.1) is 0 Å². The van der Waals surface area contributed by atoms with Crippen LogP contribution < -0.4 is 0 Å². The number of hydrogen-bond donors (Lipinski definition) is 0. The molecule has 5 nitrogen and oxygen atoms in total. The molecule has 0 unspecified atom stereocenters. The highest BCUT2D eigenvalue weighted by Crippen LogP contribution is 2.14. The molecule has 0 bridgehead atoms. The van der Waals surface area contributed by atoms with Crippen molar-refractivity contribution in [2.75, 3.05) is 24.6 Å². The second-order valence-corrected chi connectivity index (χ2v) is 5.97. The molecule has 2 aromatic heterocycles. The zero-order valence-electron chi connectivity index (χ0n) is 11.1. The maximum atomic E-state index is 12.4. The van der Waals surface area contributed by atoms with Gasteiger partial charge in [-0.3, -0.25) is 4.79 Å². The van der Waals surface area contributed by atoms with E-state index in [1.165, 1.54) is 0 Å². The first-order valence-electron chi connectivity index (χ1n) is 6.36. The zero-order valence-corrected chi connectivity index (χ0v) is 11.9. The summed E-state index contributed by atoms with van der Waals surface area (Å²) in [5, 5.41) is 4.35. The maximum absolute atomic E-state index is 12.4. The lowest BCUT2D eigenvalue weighted by atomic mass is 10.3. The van der Waals surface area contributed by atoms with Crippen LogP contribution in [0.5, 0.6) is 0 Å². The minimum absolute atomic E-state index is 0.0322. The van der Waals surface area contributed by atoms with Crippen LogP contribution in [0.1, 0.15) is 21.9 Å². The summed E-state index contributed by atoms with van der Waals surface area (Å²) in [6.07, 6.45) is 0. The van der Waals surface area contributed by atoms with Crippen molar-refractivity contribution in [3.63, 3.8) is 0 Å². The molecule has 1 aliphatic rings. The van der Waals surface area contributed by atoms with E-state index in [0.717, 1.165) is 41.6 Å². The molecule has 1 amide bonds. The van der Waals surface area contributed by atoms with Crippen LogP contribution in [0.2, 0.25) is 0 Å². The average Bonchev–Trinajstić information content (AvgIpc) is 2.80. The Morgan fingerprint density at radius 3 is 2.74 bits per heavy atom. The number of carbonyl (C=O) groups is 1. The van der Waals surface area contributed by atoms with Crippen molar-refractivity contribution in [3.8, 4) is 0 Å². The molecule has 6 heteroatoms. The fourth-order valence-electron chi connectivity index (χ4n) is 2.28. The number of amides is 1. The van der Waals surface area contributed by atoms with E-state index in [0.29, 0.717) is 5.69 Å². The Hall–Kier alpha value is -1.56. The summed E-state index contributed by atoms with van der Waals surface area (Å²) < 4.78 is 1.78. The van der Waals surface area contributed by atoms with E-state index in [1.807, 2.05) is 42.6 Å². The average molecular weight is 276 g/mol. The van der Waals surface area contributed by atoms with E-state index in [2.05, 4.69) is 10.1 Å². The molecule has 3 heterocycles. The molecule has 0 atom stereocenters. The topological polar surface area (TPSA) is 50.5 Å². The summed E-state index contributed by atoms with van der Waals surface area (Å²) in [5.74, 6) is 2.06. The van der Waals surface area contributed by atoms with Gasteiger partial charge in [0.15, 0.2) is 5.65 Å². The number of carbonyl (C=O) groups excluding carboxylic acids is 1. The molecule has 1 fully saturated rings. The predicted molar refractivity (Wildman–Crippen MR) is 75.7 cm³/mol. The van der Waals surface area contributed by atoms with Crippen molar-refractivity contribution in [3.05, 3.63) is 29.2 Å². The van der Waals surface area contributed by atoms with E-state index in [4.69, 9.17) is 0 Å². The third kappa shape index (κ3) is 2.32. The normalized spacial score (nSPS) is 16.0. The lowest BCUT2D eigenvalue weighted by Gasteiger charge is -2.26. The van der Waals surface area contributed by atoms with Crippen LogP contribution in [0.3, 0.4) is 0 Å². The Kier molecular flexibility index (Phi) is 3.18. The third-order valence-corrected chi connectivity index (χ3v) is 4.19. The fourth-order valence-corrected chi connectivity index (χ4v) is 3.18. The SMILES string of the molecule is Cc1cc2nc(C(=O)N3CCSCC3)cc(C)n2n1. The van der Waals surface area contributed by atoms with Gasteiger partial charge in [0.1, 0.15) is 5.69 Å². The first-order chi connectivity index (χ1) is 9.15. The highest BCUT2D eigenvalue weighted by Gasteiger charge is 2.20. The summed E-state index contributed by atoms with van der Waals surface area (Å²) in [6, 6.07) is 3.72. The largest absolute Gasteiger partial charge is 0.336 e. The second kappa shape index (κ2) is 4.85. The zero-order chi connectivity index (χ0) is 13.4. The highest BCUT2D eigenvalue weighted by atomic mass is 32.2. The van der Waals surface area contributed by atoms with Gasteiger partial charge in [0, 0.05) is 36.4 Å². The molecule has 0 aromatic carbocycles. The van der Waals surface area contributed by atoms with Crippen LogP contribution >= 0.6 is 11.8 Å². The molecule has 100 valence electrons. The molecule has 0 spiro atoms. The molecule has 2 aromatic rings. The number of fused-ring (bicyclic) bond motifs is 1. The Labute approximate surface area is 116 Å². The van der Waals surface area contributed by atoms with Crippen molar-refractivity contribution in [2.24, 2.45) is 0 Å². The lowest BCUT2D eigenvalue weighted by molar-refractivity contribution is 0.0766. The highest BCUT2D eigenvalue weighted by molar-refractivity contribution is 7.99. The Balaban J connectivity index is 1.97. The lowest BCUT2D eigenvalue weighted by Crippen LogP contribution is -2.38. The molecule has 19 heavy (non-hydrogen) atoms. The third-order valence-electron chi connectivity index (χ3n) is 3.24. The number of thioether (sulfide) groups is 1. The minimum Gasteiger partial charge on any atom is -0.336 e. The van der Waals surface area contributed by atoms with Crippen LogP contribution in [-0.4, -0.2) is 50.0 Å². The predicted octanol–water partition coefficient (Wildman–Crippen LogP) is 1.54. The van der Waals surface area contributed by atoms with Gasteiger partial charge in [-0.05, 0) is 19.9 Å². The second-order valence-electron chi connectivity index (χ2n) is 4.74. The molecule has 0 radical (unpaired) electrons. The van der Waals surface area contributed by atoms with E-state index in [9.17, 15) is 4.79 Å². The van der Waals surface area contributed by atoms with Gasteiger partial charge in [-0.2, -0.15) is 16.9 Å². The van der Waals surface area contributed by atoms with Crippen molar-refractivity contribution in [1.82, 2.24) is 19.5 Å².